The molecule has 0 aromatic heterocycles. The first kappa shape index (κ1) is 60.5. The van der Waals surface area contributed by atoms with Gasteiger partial charge in [-0.2, -0.15) is 12.6 Å². The molecule has 21 heteroatoms. The van der Waals surface area contributed by atoms with E-state index < -0.39 is 137 Å². The van der Waals surface area contributed by atoms with Crippen molar-refractivity contribution in [3.63, 3.8) is 0 Å². The summed E-state index contributed by atoms with van der Waals surface area (Å²) >= 11 is 3.48. The summed E-state index contributed by atoms with van der Waals surface area (Å²) in [5, 5.41) is 80.3. The van der Waals surface area contributed by atoms with Crippen LogP contribution in [0, 0.1) is 23.7 Å². The molecule has 8 N–H and O–H groups in total. The summed E-state index contributed by atoms with van der Waals surface area (Å²) in [7, 11) is 5.18. The van der Waals surface area contributed by atoms with E-state index in [0.29, 0.717) is 6.42 Å². The molecule has 3 aliphatic rings. The molecule has 0 saturated carbocycles. The number of Topliss-reactive ketones (excluding diaryl/α,β-unsaturated/α-hetero) is 1. The van der Waals surface area contributed by atoms with Crippen LogP contribution >= 0.6 is 12.6 Å². The zero-order valence-electron chi connectivity index (χ0n) is 40.4. The molecule has 0 aliphatic carbocycles. The summed E-state index contributed by atoms with van der Waals surface area (Å²) in [6.45, 7) is 17.9. The van der Waals surface area contributed by atoms with Crippen molar-refractivity contribution in [3.05, 3.63) is 0 Å². The number of hydrogen-bond acceptors (Lipinski definition) is 18. The zero-order valence-corrected chi connectivity index (χ0v) is 41.3. The van der Waals surface area contributed by atoms with E-state index in [0.717, 1.165) is 0 Å². The van der Waals surface area contributed by atoms with Crippen molar-refractivity contribution in [3.8, 4) is 0 Å². The number of carboxylic acids is 3. The molecule has 0 bridgehead atoms. The molecule has 0 aromatic carbocycles. The minimum Gasteiger partial charge on any atom is -0.481 e. The molecule has 3 fully saturated rings. The largest absolute Gasteiger partial charge is 0.481 e. The summed E-state index contributed by atoms with van der Waals surface area (Å²) in [4.78, 5) is 58.8. The second-order valence-electron chi connectivity index (χ2n) is 18.7. The average Bonchev–Trinajstić information content (AvgIpc) is 3.21. The number of likely N-dealkylation sites (N-methyl/N-ethyl adjacent to an activating group) is 1. The quantitative estimate of drug-likeness (QED) is 0.106. The molecule has 0 aromatic rings. The number of rotatable bonds is 11. The Labute approximate surface area is 388 Å². The third kappa shape index (κ3) is 16.6. The fourth-order valence-corrected chi connectivity index (χ4v) is 8.82. The zero-order chi connectivity index (χ0) is 50.7. The number of thiol groups is 1. The number of aliphatic hydroxyl groups is 5. The van der Waals surface area contributed by atoms with E-state index >= 15 is 0 Å². The highest BCUT2D eigenvalue weighted by Gasteiger charge is 2.53. The minimum atomic E-state index is -1.99. The molecule has 65 heavy (non-hydrogen) atoms. The van der Waals surface area contributed by atoms with Gasteiger partial charge in [-0.1, -0.05) is 34.6 Å². The number of methoxy groups -OCH3 is 1. The van der Waals surface area contributed by atoms with Gasteiger partial charge in [0.15, 0.2) is 12.6 Å². The van der Waals surface area contributed by atoms with Crippen LogP contribution in [-0.2, 0) is 52.4 Å². The monoisotopic (exact) mass is 957 g/mol. The molecule has 3 heterocycles. The maximum Gasteiger partial charge on any atom is 0.316 e. The van der Waals surface area contributed by atoms with E-state index in [9.17, 15) is 49.5 Å². The summed E-state index contributed by atoms with van der Waals surface area (Å²) in [5.41, 5.74) is -4.84. The molecule has 0 spiro atoms. The molecule has 380 valence electrons. The Morgan fingerprint density at radius 1 is 0.862 bits per heavy atom. The number of carbonyl (C=O) groups is 5. The van der Waals surface area contributed by atoms with Crippen LogP contribution in [-0.4, -0.2) is 186 Å². The molecule has 20 nitrogen and oxygen atoms in total. The Morgan fingerprint density at radius 2 is 1.42 bits per heavy atom. The van der Waals surface area contributed by atoms with Crippen LogP contribution < -0.4 is 0 Å². The average molecular weight is 958 g/mol. The lowest BCUT2D eigenvalue weighted by Crippen LogP contribution is -2.61. The van der Waals surface area contributed by atoms with Gasteiger partial charge in [-0.3, -0.25) is 24.0 Å². The third-order valence-electron chi connectivity index (χ3n) is 12.8. The fraction of sp³-hybridized carbons (Fsp3) is 0.886. The molecule has 3 saturated heterocycles. The number of carboxylic acid groups (broad SMARTS) is 3. The van der Waals surface area contributed by atoms with Crippen LogP contribution in [0.1, 0.15) is 115 Å². The lowest BCUT2D eigenvalue weighted by atomic mass is 9.74. The first-order chi connectivity index (χ1) is 29.7. The summed E-state index contributed by atoms with van der Waals surface area (Å²) in [6.07, 6.45) is -9.93. The van der Waals surface area contributed by atoms with Crippen LogP contribution in [0.25, 0.3) is 0 Å². The van der Waals surface area contributed by atoms with E-state index in [2.05, 4.69) is 12.6 Å². The molecule has 19 unspecified atom stereocenters. The lowest BCUT2D eigenvalue weighted by molar-refractivity contribution is -0.318. The second-order valence-corrected chi connectivity index (χ2v) is 19.3. The van der Waals surface area contributed by atoms with Crippen LogP contribution in [0.5, 0.6) is 0 Å². The third-order valence-corrected chi connectivity index (χ3v) is 13.2. The summed E-state index contributed by atoms with van der Waals surface area (Å²) < 4.78 is 37.1. The first-order valence-electron chi connectivity index (χ1n) is 22.1. The number of nitrogens with zero attached hydrogens (tertiary/aromatic N) is 1. The fourth-order valence-electron chi connectivity index (χ4n) is 8.66. The Morgan fingerprint density at radius 3 is 1.86 bits per heavy atom. The Balaban J connectivity index is 0.00000130. The minimum absolute atomic E-state index is 0.0936. The van der Waals surface area contributed by atoms with Gasteiger partial charge in [0.25, 0.3) is 0 Å². The molecule has 0 radical (unpaired) electrons. The van der Waals surface area contributed by atoms with Gasteiger partial charge >= 0.3 is 23.9 Å². The highest BCUT2D eigenvalue weighted by atomic mass is 32.1. The van der Waals surface area contributed by atoms with Crippen molar-refractivity contribution in [2.75, 3.05) is 21.2 Å². The van der Waals surface area contributed by atoms with Gasteiger partial charge in [-0.15, -0.1) is 0 Å². The predicted octanol–water partition coefficient (Wildman–Crippen LogP) is 2.11. The maximum absolute atomic E-state index is 14.1. The van der Waals surface area contributed by atoms with Gasteiger partial charge in [-0.05, 0) is 74.9 Å². The molecule has 3 rings (SSSR count). The van der Waals surface area contributed by atoms with Crippen molar-refractivity contribution in [2.45, 2.75) is 204 Å². The molecule has 19 atom stereocenters. The van der Waals surface area contributed by atoms with E-state index in [1.165, 1.54) is 27.9 Å². The highest BCUT2D eigenvalue weighted by molar-refractivity contribution is 7.81. The van der Waals surface area contributed by atoms with E-state index in [-0.39, 0.29) is 37.8 Å². The van der Waals surface area contributed by atoms with Gasteiger partial charge < -0.3 is 74.2 Å². The van der Waals surface area contributed by atoms with E-state index in [1.54, 1.807) is 48.5 Å². The number of ether oxygens (including phenoxy) is 6. The number of ketones is 1. The van der Waals surface area contributed by atoms with Gasteiger partial charge in [0.1, 0.15) is 34.9 Å². The van der Waals surface area contributed by atoms with Crippen LogP contribution in [0.2, 0.25) is 0 Å². The number of esters is 1. The standard InChI is InChI=1S/C37H67NO13.C4H6O4S.C3H6O2/c1-14-25-37(10,45)30(41)20(4)27(39)18(2)16-35(8,44)32(51-34-28(40)24(38(11)12)15-19(3)47-34)21(5)29(22(6)33(43)49-25)50-26-17-36(9,46-13)31(42)23(7)48-26;5-3(6)1-2(9)4(7)8;1-2-3(4)5/h18-26,28-32,34,40-42,44-45H,14-17H2,1-13H3;2,9H,1H2,(H,5,6)(H,7,8);2H2,1H3,(H,4,5). The van der Waals surface area contributed by atoms with Crippen molar-refractivity contribution in [1.82, 2.24) is 4.90 Å². The number of hydrogen-bond donors (Lipinski definition) is 9. The molecule has 3 aliphatic heterocycles. The molecule has 0 amide bonds. The highest BCUT2D eigenvalue weighted by Crippen LogP contribution is 2.41. The Kier molecular flexibility index (Phi) is 23.9. The van der Waals surface area contributed by atoms with Crippen molar-refractivity contribution in [2.24, 2.45) is 23.7 Å². The topological polar surface area (TPSA) is 306 Å². The lowest BCUT2D eigenvalue weighted by Gasteiger charge is -2.49. The second kappa shape index (κ2) is 25.7. The van der Waals surface area contributed by atoms with E-state index in [4.69, 9.17) is 43.7 Å². The normalized spacial score (nSPS) is 41.3. The Hall–Kier alpha value is -2.54. The van der Waals surface area contributed by atoms with Gasteiger partial charge in [0.2, 0.25) is 0 Å². The summed E-state index contributed by atoms with van der Waals surface area (Å²) in [5.74, 6) is -8.08. The van der Waals surface area contributed by atoms with Crippen molar-refractivity contribution in [1.29, 1.82) is 0 Å². The van der Waals surface area contributed by atoms with Crippen LogP contribution in [0.4, 0.5) is 0 Å². The van der Waals surface area contributed by atoms with Gasteiger partial charge in [0, 0.05) is 43.7 Å². The number of aliphatic carboxylic acids is 3. The molecular weight excluding hydrogens is 879 g/mol. The predicted molar refractivity (Wildman–Crippen MR) is 237 cm³/mol. The Bertz CT molecular complexity index is 1550. The van der Waals surface area contributed by atoms with Crippen LogP contribution in [0.15, 0.2) is 0 Å². The van der Waals surface area contributed by atoms with Gasteiger partial charge in [0.05, 0.1) is 54.1 Å². The number of cyclic esters (lactones) is 1. The SMILES string of the molecule is CCC(=O)O.CCC1OC(=O)C(C)C(OC2CC(C)(OC)C(O)C(C)O2)C(C)C(OC2OC(C)CC(N(C)C)C2O)C(C)(O)CC(C)C(=O)C(C)C(O)C1(C)O.O=C(O)CC(S)C(=O)O. The first-order valence-corrected chi connectivity index (χ1v) is 22.7. The number of carbonyl (C=O) groups excluding carboxylic acids is 2. The molecular formula is C44H79NO19S. The maximum atomic E-state index is 14.1. The smallest absolute Gasteiger partial charge is 0.316 e. The van der Waals surface area contributed by atoms with Crippen molar-refractivity contribution >= 4 is 42.3 Å². The van der Waals surface area contributed by atoms with Crippen LogP contribution in [0.3, 0.4) is 0 Å². The van der Waals surface area contributed by atoms with E-state index in [1.807, 2.05) is 25.9 Å². The van der Waals surface area contributed by atoms with Crippen molar-refractivity contribution < 1.29 is 93.2 Å². The summed E-state index contributed by atoms with van der Waals surface area (Å²) in [6, 6.07) is -0.324. The van der Waals surface area contributed by atoms with Gasteiger partial charge in [-0.25, -0.2) is 0 Å². The number of aliphatic hydroxyl groups excluding tert-OH is 3.